The van der Waals surface area contributed by atoms with Gasteiger partial charge in [0.1, 0.15) is 5.52 Å². The van der Waals surface area contributed by atoms with Crippen molar-refractivity contribution in [2.24, 2.45) is 0 Å². The third-order valence-corrected chi connectivity index (χ3v) is 3.67. The van der Waals surface area contributed by atoms with Gasteiger partial charge in [0.2, 0.25) is 0 Å². The molecule has 3 rings (SSSR count). The zero-order valence-corrected chi connectivity index (χ0v) is 14.5. The van der Waals surface area contributed by atoms with Crippen LogP contribution >= 0.6 is 0 Å². The van der Waals surface area contributed by atoms with Gasteiger partial charge in [-0.3, -0.25) is 10.1 Å². The lowest BCUT2D eigenvalue weighted by Gasteiger charge is -2.07. The standard InChI is InChI=1S/C18H17N5O4/c1-2-23-15-9-8-12(10-14(15)21-22-23)17(25)27-11-16(24)20-18(26)19-13-6-4-3-5-7-13/h3-10H,2,11H2,1H3,(H2,19,20,24,26). The van der Waals surface area contributed by atoms with Gasteiger partial charge in [0.25, 0.3) is 5.91 Å². The Balaban J connectivity index is 1.52. The molecular weight excluding hydrogens is 350 g/mol. The Morgan fingerprint density at radius 1 is 1.11 bits per heavy atom. The van der Waals surface area contributed by atoms with Crippen molar-refractivity contribution in [3.8, 4) is 0 Å². The molecule has 0 bridgehead atoms. The normalized spacial score (nSPS) is 10.4. The summed E-state index contributed by atoms with van der Waals surface area (Å²) in [4.78, 5) is 35.6. The number of nitrogens with one attached hydrogen (secondary N) is 2. The number of ether oxygens (including phenoxy) is 1. The first-order valence-corrected chi connectivity index (χ1v) is 8.23. The van der Waals surface area contributed by atoms with Crippen molar-refractivity contribution in [3.63, 3.8) is 0 Å². The monoisotopic (exact) mass is 367 g/mol. The number of rotatable bonds is 5. The molecule has 1 heterocycles. The van der Waals surface area contributed by atoms with E-state index < -0.39 is 24.5 Å². The Bertz CT molecular complexity index is 984. The molecule has 9 heteroatoms. The van der Waals surface area contributed by atoms with Crippen LogP contribution in [-0.2, 0) is 16.1 Å². The van der Waals surface area contributed by atoms with Crippen LogP contribution in [0.15, 0.2) is 48.5 Å². The number of para-hydroxylation sites is 1. The molecule has 2 aromatic carbocycles. The quantitative estimate of drug-likeness (QED) is 0.666. The number of aromatic nitrogens is 3. The fourth-order valence-corrected chi connectivity index (χ4v) is 2.39. The number of fused-ring (bicyclic) bond motifs is 1. The molecule has 0 aliphatic carbocycles. The number of carbonyl (C=O) groups excluding carboxylic acids is 3. The van der Waals surface area contributed by atoms with Crippen LogP contribution in [0, 0.1) is 0 Å². The Morgan fingerprint density at radius 3 is 2.63 bits per heavy atom. The number of imide groups is 1. The van der Waals surface area contributed by atoms with E-state index in [2.05, 4.69) is 20.9 Å². The fourth-order valence-electron chi connectivity index (χ4n) is 2.39. The van der Waals surface area contributed by atoms with E-state index in [1.165, 1.54) is 6.07 Å². The summed E-state index contributed by atoms with van der Waals surface area (Å²) in [6.45, 7) is 2.01. The van der Waals surface area contributed by atoms with Crippen LogP contribution in [0.3, 0.4) is 0 Å². The highest BCUT2D eigenvalue weighted by Crippen LogP contribution is 2.14. The van der Waals surface area contributed by atoms with Gasteiger partial charge < -0.3 is 10.1 Å². The topological polar surface area (TPSA) is 115 Å². The van der Waals surface area contributed by atoms with Gasteiger partial charge in [-0.15, -0.1) is 5.10 Å². The summed E-state index contributed by atoms with van der Waals surface area (Å²) in [6.07, 6.45) is 0. The number of amides is 3. The smallest absolute Gasteiger partial charge is 0.338 e. The lowest BCUT2D eigenvalue weighted by atomic mass is 10.2. The highest BCUT2D eigenvalue weighted by atomic mass is 16.5. The van der Waals surface area contributed by atoms with Gasteiger partial charge in [0.15, 0.2) is 6.61 Å². The first-order valence-electron chi connectivity index (χ1n) is 8.23. The second kappa shape index (κ2) is 8.09. The number of esters is 1. The molecule has 0 unspecified atom stereocenters. The maximum Gasteiger partial charge on any atom is 0.338 e. The SMILES string of the molecule is CCn1nnc2cc(C(=O)OCC(=O)NC(=O)Nc3ccccc3)ccc21. The number of anilines is 1. The van der Waals surface area contributed by atoms with Crippen molar-refractivity contribution in [3.05, 3.63) is 54.1 Å². The fraction of sp³-hybridized carbons (Fsp3) is 0.167. The van der Waals surface area contributed by atoms with E-state index in [-0.39, 0.29) is 5.56 Å². The van der Waals surface area contributed by atoms with Crippen LogP contribution in [0.5, 0.6) is 0 Å². The van der Waals surface area contributed by atoms with Crippen LogP contribution in [0.4, 0.5) is 10.5 Å². The number of urea groups is 1. The number of carbonyl (C=O) groups is 3. The van der Waals surface area contributed by atoms with Crippen molar-refractivity contribution in [1.82, 2.24) is 20.3 Å². The molecule has 0 saturated heterocycles. The predicted molar refractivity (Wildman–Crippen MR) is 97.1 cm³/mol. The average Bonchev–Trinajstić information content (AvgIpc) is 3.09. The number of hydrogen-bond acceptors (Lipinski definition) is 6. The van der Waals surface area contributed by atoms with Crippen molar-refractivity contribution in [2.45, 2.75) is 13.5 Å². The number of nitrogens with zero attached hydrogens (tertiary/aromatic N) is 3. The zero-order valence-electron chi connectivity index (χ0n) is 14.5. The molecule has 1 aromatic heterocycles. The largest absolute Gasteiger partial charge is 0.452 e. The summed E-state index contributed by atoms with van der Waals surface area (Å²) in [5.74, 6) is -1.43. The van der Waals surface area contributed by atoms with Crippen LogP contribution in [-0.4, -0.2) is 39.5 Å². The van der Waals surface area contributed by atoms with E-state index in [0.717, 1.165) is 5.52 Å². The third kappa shape index (κ3) is 4.46. The average molecular weight is 367 g/mol. The summed E-state index contributed by atoms with van der Waals surface area (Å²) >= 11 is 0. The Labute approximate surface area is 154 Å². The van der Waals surface area contributed by atoms with Crippen molar-refractivity contribution in [2.75, 3.05) is 11.9 Å². The van der Waals surface area contributed by atoms with E-state index in [9.17, 15) is 14.4 Å². The lowest BCUT2D eigenvalue weighted by Crippen LogP contribution is -2.37. The first kappa shape index (κ1) is 18.1. The number of hydrogen-bond donors (Lipinski definition) is 2. The van der Waals surface area contributed by atoms with Gasteiger partial charge >= 0.3 is 12.0 Å². The van der Waals surface area contributed by atoms with Gasteiger partial charge in [0.05, 0.1) is 11.1 Å². The molecule has 0 aliphatic heterocycles. The molecule has 138 valence electrons. The minimum atomic E-state index is -0.741. The van der Waals surface area contributed by atoms with Gasteiger partial charge in [-0.2, -0.15) is 0 Å². The summed E-state index contributed by atoms with van der Waals surface area (Å²) < 4.78 is 6.63. The van der Waals surface area contributed by atoms with E-state index in [4.69, 9.17) is 4.74 Å². The summed E-state index contributed by atoms with van der Waals surface area (Å²) in [6, 6.07) is 12.8. The Hall–Kier alpha value is -3.75. The predicted octanol–water partition coefficient (Wildman–Crippen LogP) is 1.96. The summed E-state index contributed by atoms with van der Waals surface area (Å²) in [7, 11) is 0. The van der Waals surface area contributed by atoms with E-state index in [1.807, 2.05) is 6.92 Å². The third-order valence-electron chi connectivity index (χ3n) is 3.67. The first-order chi connectivity index (χ1) is 13.1. The van der Waals surface area contributed by atoms with Crippen LogP contribution < -0.4 is 10.6 Å². The molecule has 3 aromatic rings. The Morgan fingerprint density at radius 2 is 1.89 bits per heavy atom. The Kier molecular flexibility index (Phi) is 5.41. The highest BCUT2D eigenvalue weighted by molar-refractivity contribution is 6.02. The second-order valence-corrected chi connectivity index (χ2v) is 5.55. The van der Waals surface area contributed by atoms with Gasteiger partial charge in [0, 0.05) is 12.2 Å². The van der Waals surface area contributed by atoms with Crippen LogP contribution in [0.2, 0.25) is 0 Å². The molecule has 0 saturated carbocycles. The maximum absolute atomic E-state index is 12.1. The molecule has 0 fully saturated rings. The van der Waals surface area contributed by atoms with Gasteiger partial charge in [-0.1, -0.05) is 23.4 Å². The van der Waals surface area contributed by atoms with Gasteiger partial charge in [-0.25, -0.2) is 14.3 Å². The second-order valence-electron chi connectivity index (χ2n) is 5.55. The molecular formula is C18H17N5O4. The highest BCUT2D eigenvalue weighted by Gasteiger charge is 2.14. The van der Waals surface area contributed by atoms with Crippen LogP contribution in [0.25, 0.3) is 11.0 Å². The molecule has 0 spiro atoms. The zero-order chi connectivity index (χ0) is 19.2. The summed E-state index contributed by atoms with van der Waals surface area (Å²) in [5, 5.41) is 12.5. The van der Waals surface area contributed by atoms with E-state index in [0.29, 0.717) is 17.7 Å². The van der Waals surface area contributed by atoms with Gasteiger partial charge in [-0.05, 0) is 37.3 Å². The molecule has 3 amide bonds. The number of benzene rings is 2. The molecule has 0 atom stereocenters. The van der Waals surface area contributed by atoms with Crippen molar-refractivity contribution >= 4 is 34.6 Å². The molecule has 0 aliphatic rings. The maximum atomic E-state index is 12.1. The minimum Gasteiger partial charge on any atom is -0.452 e. The van der Waals surface area contributed by atoms with E-state index in [1.54, 1.807) is 47.1 Å². The molecule has 2 N–H and O–H groups in total. The molecule has 9 nitrogen and oxygen atoms in total. The van der Waals surface area contributed by atoms with Crippen molar-refractivity contribution < 1.29 is 19.1 Å². The minimum absolute atomic E-state index is 0.243. The molecule has 27 heavy (non-hydrogen) atoms. The van der Waals surface area contributed by atoms with E-state index >= 15 is 0 Å². The lowest BCUT2D eigenvalue weighted by molar-refractivity contribution is -0.123. The summed E-state index contributed by atoms with van der Waals surface area (Å²) in [5.41, 5.74) is 2.13. The van der Waals surface area contributed by atoms with Crippen LogP contribution in [0.1, 0.15) is 17.3 Å². The number of aryl methyl sites for hydroxylation is 1. The molecule has 0 radical (unpaired) electrons. The van der Waals surface area contributed by atoms with Crippen molar-refractivity contribution in [1.29, 1.82) is 0 Å².